The quantitative estimate of drug-likeness (QED) is 0.249. The molecule has 0 fully saturated rings. The highest BCUT2D eigenvalue weighted by molar-refractivity contribution is 7.80. The molecule has 0 saturated carbocycles. The van der Waals surface area contributed by atoms with Crippen LogP contribution in [0.25, 0.3) is 22.3 Å². The number of rotatable bonds is 5. The first-order chi connectivity index (χ1) is 15.1. The number of thiol groups is 1. The highest BCUT2D eigenvalue weighted by atomic mass is 32.1. The predicted molar refractivity (Wildman–Crippen MR) is 136 cm³/mol. The largest absolute Gasteiger partial charge is 0.175 e. The zero-order valence-corrected chi connectivity index (χ0v) is 18.7. The minimum Gasteiger partial charge on any atom is -0.175 e. The van der Waals surface area contributed by atoms with E-state index in [0.29, 0.717) is 5.75 Å². The van der Waals surface area contributed by atoms with Crippen LogP contribution in [-0.4, -0.2) is 5.75 Å². The van der Waals surface area contributed by atoms with Gasteiger partial charge >= 0.3 is 0 Å². The Hall–Kier alpha value is -3.03. The molecule has 0 aliphatic heterocycles. The summed E-state index contributed by atoms with van der Waals surface area (Å²) in [6.07, 6.45) is 0.919. The van der Waals surface area contributed by atoms with E-state index in [4.69, 9.17) is 0 Å². The lowest BCUT2D eigenvalue weighted by molar-refractivity contribution is 0.699. The fourth-order valence-electron chi connectivity index (χ4n) is 4.87. The van der Waals surface area contributed by atoms with Crippen LogP contribution in [0.3, 0.4) is 0 Å². The predicted octanol–water partition coefficient (Wildman–Crippen LogP) is 7.72. The normalized spacial score (nSPS) is 16.6. The van der Waals surface area contributed by atoms with Crippen molar-refractivity contribution in [2.24, 2.45) is 0 Å². The van der Waals surface area contributed by atoms with Crippen molar-refractivity contribution in [2.45, 2.75) is 18.8 Å². The summed E-state index contributed by atoms with van der Waals surface area (Å²) >= 11 is 4.57. The van der Waals surface area contributed by atoms with Crippen LogP contribution in [0.4, 0.5) is 0 Å². The van der Waals surface area contributed by atoms with Crippen LogP contribution < -0.4 is 0 Å². The van der Waals surface area contributed by atoms with Gasteiger partial charge < -0.3 is 0 Å². The first-order valence-electron chi connectivity index (χ1n) is 10.8. The molecule has 1 aliphatic rings. The maximum absolute atomic E-state index is 4.57. The van der Waals surface area contributed by atoms with Crippen molar-refractivity contribution < 1.29 is 0 Å². The molecule has 1 heteroatoms. The van der Waals surface area contributed by atoms with E-state index in [0.717, 1.165) is 12.0 Å². The summed E-state index contributed by atoms with van der Waals surface area (Å²) in [6.45, 7) is 6.70. The molecule has 1 atom stereocenters. The summed E-state index contributed by atoms with van der Waals surface area (Å²) in [7, 11) is 0. The Kier molecular flexibility index (Phi) is 5.08. The van der Waals surface area contributed by atoms with Crippen LogP contribution in [0.5, 0.6) is 0 Å². The van der Waals surface area contributed by atoms with Gasteiger partial charge in [0.25, 0.3) is 0 Å². The van der Waals surface area contributed by atoms with Crippen LogP contribution in [0.2, 0.25) is 0 Å². The molecular weight excluding hydrogens is 392 g/mol. The Morgan fingerprint density at radius 3 is 2.06 bits per heavy atom. The molecule has 31 heavy (non-hydrogen) atoms. The van der Waals surface area contributed by atoms with Crippen molar-refractivity contribution in [1.29, 1.82) is 0 Å². The second kappa shape index (κ2) is 7.90. The van der Waals surface area contributed by atoms with E-state index in [-0.39, 0.29) is 5.41 Å². The summed E-state index contributed by atoms with van der Waals surface area (Å²) in [4.78, 5) is 0. The molecule has 152 valence electrons. The molecule has 0 N–H and O–H groups in total. The molecular formula is C30H26S. The summed E-state index contributed by atoms with van der Waals surface area (Å²) in [5, 5.41) is 0. The molecule has 0 heterocycles. The fourth-order valence-corrected chi connectivity index (χ4v) is 5.19. The standard InChI is InChI=1S/C30H26S/c1-21(20-31)30(2)28-11-7-6-10-26(28)27-17-14-23(19-29(27)30)18-22-12-15-25(16-13-22)24-8-4-3-5-9-24/h3-17,19,31H,1,18,20H2,2H3. The van der Waals surface area contributed by atoms with Crippen LogP contribution >= 0.6 is 12.6 Å². The Bertz CT molecular complexity index is 1250. The lowest BCUT2D eigenvalue weighted by atomic mass is 9.74. The third-order valence-electron chi connectivity index (χ3n) is 6.75. The highest BCUT2D eigenvalue weighted by Gasteiger charge is 2.40. The van der Waals surface area contributed by atoms with Crippen molar-refractivity contribution in [3.05, 3.63) is 131 Å². The highest BCUT2D eigenvalue weighted by Crippen LogP contribution is 2.52. The number of hydrogen-bond donors (Lipinski definition) is 1. The topological polar surface area (TPSA) is 0 Å². The van der Waals surface area contributed by atoms with Crippen LogP contribution in [0.15, 0.2) is 109 Å². The number of benzene rings is 4. The van der Waals surface area contributed by atoms with E-state index in [1.807, 2.05) is 0 Å². The Balaban J connectivity index is 1.49. The lowest BCUT2D eigenvalue weighted by Crippen LogP contribution is -2.24. The third kappa shape index (κ3) is 3.34. The zero-order chi connectivity index (χ0) is 21.4. The van der Waals surface area contributed by atoms with Gasteiger partial charge in [-0.05, 0) is 57.9 Å². The zero-order valence-electron chi connectivity index (χ0n) is 17.8. The Labute approximate surface area is 190 Å². The first kappa shape index (κ1) is 19.9. The molecule has 4 aromatic carbocycles. The average Bonchev–Trinajstić information content (AvgIpc) is 3.09. The van der Waals surface area contributed by atoms with Crippen molar-refractivity contribution in [2.75, 3.05) is 5.75 Å². The van der Waals surface area contributed by atoms with Crippen LogP contribution in [0, 0.1) is 0 Å². The van der Waals surface area contributed by atoms with Gasteiger partial charge in [-0.3, -0.25) is 0 Å². The smallest absolute Gasteiger partial charge is 0.0400 e. The van der Waals surface area contributed by atoms with Gasteiger partial charge in [-0.2, -0.15) is 12.6 Å². The maximum Gasteiger partial charge on any atom is 0.0400 e. The molecule has 0 bridgehead atoms. The molecule has 0 nitrogen and oxygen atoms in total. The average molecular weight is 419 g/mol. The first-order valence-corrected chi connectivity index (χ1v) is 11.4. The van der Waals surface area contributed by atoms with E-state index >= 15 is 0 Å². The van der Waals surface area contributed by atoms with Gasteiger partial charge in [-0.1, -0.05) is 109 Å². The van der Waals surface area contributed by atoms with Gasteiger partial charge in [0, 0.05) is 11.2 Å². The van der Waals surface area contributed by atoms with Crippen LogP contribution in [0.1, 0.15) is 29.2 Å². The third-order valence-corrected chi connectivity index (χ3v) is 7.13. The minimum atomic E-state index is -0.194. The van der Waals surface area contributed by atoms with Gasteiger partial charge in [0.2, 0.25) is 0 Å². The van der Waals surface area contributed by atoms with Gasteiger partial charge in [-0.25, -0.2) is 0 Å². The van der Waals surface area contributed by atoms with E-state index in [1.54, 1.807) is 0 Å². The van der Waals surface area contributed by atoms with Gasteiger partial charge in [0.15, 0.2) is 0 Å². The van der Waals surface area contributed by atoms with Crippen LogP contribution in [-0.2, 0) is 11.8 Å². The van der Waals surface area contributed by atoms with Gasteiger partial charge in [-0.15, -0.1) is 0 Å². The van der Waals surface area contributed by atoms with Gasteiger partial charge in [0.05, 0.1) is 0 Å². The van der Waals surface area contributed by atoms with Crippen molar-refractivity contribution in [1.82, 2.24) is 0 Å². The molecule has 1 unspecified atom stereocenters. The second-order valence-corrected chi connectivity index (χ2v) is 8.87. The van der Waals surface area contributed by atoms with Crippen molar-refractivity contribution >= 4 is 12.6 Å². The monoisotopic (exact) mass is 418 g/mol. The SMILES string of the molecule is C=C(CS)C1(C)c2ccccc2-c2ccc(Cc3ccc(-c4ccccc4)cc3)cc21. The number of hydrogen-bond acceptors (Lipinski definition) is 1. The summed E-state index contributed by atoms with van der Waals surface area (Å²) in [5.41, 5.74) is 11.5. The molecule has 5 rings (SSSR count). The van der Waals surface area contributed by atoms with Crippen molar-refractivity contribution in [3.8, 4) is 22.3 Å². The van der Waals surface area contributed by atoms with E-state index in [9.17, 15) is 0 Å². The summed E-state index contributed by atoms with van der Waals surface area (Å²) < 4.78 is 0. The maximum atomic E-state index is 4.57. The summed E-state index contributed by atoms with van der Waals surface area (Å²) in [5.74, 6) is 0.676. The Morgan fingerprint density at radius 1 is 0.710 bits per heavy atom. The van der Waals surface area contributed by atoms with E-state index < -0.39 is 0 Å². The lowest BCUT2D eigenvalue weighted by Gasteiger charge is -2.29. The molecule has 0 aromatic heterocycles. The summed E-state index contributed by atoms with van der Waals surface area (Å²) in [6, 6.07) is 35.1. The molecule has 0 spiro atoms. The minimum absolute atomic E-state index is 0.194. The molecule has 1 aliphatic carbocycles. The fraction of sp³-hybridized carbons (Fsp3) is 0.133. The molecule has 4 aromatic rings. The molecule has 0 amide bonds. The van der Waals surface area contributed by atoms with E-state index in [1.165, 1.54) is 44.5 Å². The molecule has 0 saturated heterocycles. The molecule has 0 radical (unpaired) electrons. The second-order valence-electron chi connectivity index (χ2n) is 8.55. The van der Waals surface area contributed by atoms with E-state index in [2.05, 4.69) is 123 Å². The van der Waals surface area contributed by atoms with Crippen molar-refractivity contribution in [3.63, 3.8) is 0 Å². The van der Waals surface area contributed by atoms with Gasteiger partial charge in [0.1, 0.15) is 0 Å². The Morgan fingerprint density at radius 2 is 1.32 bits per heavy atom. The number of fused-ring (bicyclic) bond motifs is 3.